The Morgan fingerprint density at radius 1 is 1.61 bits per heavy atom. The lowest BCUT2D eigenvalue weighted by Gasteiger charge is -2.08. The third-order valence-corrected chi connectivity index (χ3v) is 2.04. The molecule has 1 rings (SSSR count). The van der Waals surface area contributed by atoms with Crippen LogP contribution in [0.25, 0.3) is 0 Å². The molecule has 1 atom stereocenters. The Hall–Kier alpha value is -1.28. The molecule has 104 valence electrons. The van der Waals surface area contributed by atoms with Crippen LogP contribution in [0.3, 0.4) is 0 Å². The summed E-state index contributed by atoms with van der Waals surface area (Å²) in [4.78, 5) is 11.1. The number of alkyl halides is 3. The number of nitrogens with two attached hydrogens (primary N) is 1. The molecule has 0 aliphatic rings. The Balaban J connectivity index is 0.00000289. The maximum absolute atomic E-state index is 12.5. The van der Waals surface area contributed by atoms with Crippen molar-refractivity contribution in [3.63, 3.8) is 0 Å². The van der Waals surface area contributed by atoms with Crippen molar-refractivity contribution in [3.05, 3.63) is 17.5 Å². The molecule has 0 spiro atoms. The van der Waals surface area contributed by atoms with Crippen molar-refractivity contribution < 1.29 is 18.0 Å². The molecule has 0 fully saturated rings. The first kappa shape index (κ1) is 16.7. The lowest BCUT2D eigenvalue weighted by atomic mass is 10.2. The summed E-state index contributed by atoms with van der Waals surface area (Å²) in [6, 6.07) is -0.763. The van der Waals surface area contributed by atoms with Crippen LogP contribution in [-0.2, 0) is 24.6 Å². The number of amides is 1. The van der Waals surface area contributed by atoms with Crippen molar-refractivity contribution in [2.45, 2.75) is 25.7 Å². The van der Waals surface area contributed by atoms with E-state index in [9.17, 15) is 18.0 Å². The van der Waals surface area contributed by atoms with Gasteiger partial charge in [0.05, 0.1) is 6.04 Å². The number of hydrogen-bond donors (Lipinski definition) is 2. The van der Waals surface area contributed by atoms with Crippen molar-refractivity contribution in [2.24, 2.45) is 12.8 Å². The third-order valence-electron chi connectivity index (χ3n) is 2.04. The van der Waals surface area contributed by atoms with Gasteiger partial charge in [0.25, 0.3) is 0 Å². The summed E-state index contributed by atoms with van der Waals surface area (Å²) >= 11 is 0. The zero-order valence-corrected chi connectivity index (χ0v) is 10.6. The summed E-state index contributed by atoms with van der Waals surface area (Å²) in [7, 11) is 1.38. The molecule has 0 aromatic carbocycles. The van der Waals surface area contributed by atoms with Crippen LogP contribution in [0.5, 0.6) is 0 Å². The van der Waals surface area contributed by atoms with E-state index < -0.39 is 23.8 Å². The van der Waals surface area contributed by atoms with E-state index in [1.807, 2.05) is 0 Å². The fourth-order valence-corrected chi connectivity index (χ4v) is 1.25. The molecule has 0 aliphatic carbocycles. The predicted molar refractivity (Wildman–Crippen MR) is 61.0 cm³/mol. The molecule has 5 nitrogen and oxygen atoms in total. The van der Waals surface area contributed by atoms with E-state index in [2.05, 4.69) is 10.4 Å². The summed E-state index contributed by atoms with van der Waals surface area (Å²) in [5.74, 6) is -0.512. The van der Waals surface area contributed by atoms with Crippen molar-refractivity contribution >= 4 is 18.3 Å². The van der Waals surface area contributed by atoms with Gasteiger partial charge in [-0.3, -0.25) is 9.48 Å². The molecular formula is C9H14ClF3N4O. The van der Waals surface area contributed by atoms with Gasteiger partial charge in [-0.25, -0.2) is 0 Å². The lowest BCUT2D eigenvalue weighted by molar-refractivity contribution is -0.142. The largest absolute Gasteiger partial charge is 0.435 e. The maximum atomic E-state index is 12.5. The molecule has 0 saturated heterocycles. The molecule has 1 aromatic rings. The van der Waals surface area contributed by atoms with Gasteiger partial charge in [-0.05, 0) is 6.92 Å². The van der Waals surface area contributed by atoms with Gasteiger partial charge < -0.3 is 11.1 Å². The van der Waals surface area contributed by atoms with Crippen LogP contribution in [0.4, 0.5) is 13.2 Å². The highest BCUT2D eigenvalue weighted by Crippen LogP contribution is 2.30. The first-order valence-corrected chi connectivity index (χ1v) is 4.85. The molecule has 3 N–H and O–H groups in total. The summed E-state index contributed by atoms with van der Waals surface area (Å²) < 4.78 is 38.6. The number of rotatable bonds is 3. The molecule has 9 heteroatoms. The van der Waals surface area contributed by atoms with Crippen molar-refractivity contribution in [3.8, 4) is 0 Å². The standard InChI is InChI=1S/C9H13F3N4O.ClH/c1-5(13)8(17)14-3-6-4-16(2)15-7(6)9(10,11)12;/h4-5H,3,13H2,1-2H3,(H,14,17);1H/t5-;/m1./s1. The number of halogens is 4. The van der Waals surface area contributed by atoms with Crippen LogP contribution in [0.2, 0.25) is 0 Å². The molecule has 0 bridgehead atoms. The monoisotopic (exact) mass is 286 g/mol. The third kappa shape index (κ3) is 4.19. The fourth-order valence-electron chi connectivity index (χ4n) is 1.25. The summed E-state index contributed by atoms with van der Waals surface area (Å²) in [6.07, 6.45) is -3.32. The van der Waals surface area contributed by atoms with Crippen LogP contribution in [0.15, 0.2) is 6.20 Å². The molecule has 1 heterocycles. The van der Waals surface area contributed by atoms with Crippen LogP contribution < -0.4 is 11.1 Å². The van der Waals surface area contributed by atoms with E-state index in [1.54, 1.807) is 0 Å². The maximum Gasteiger partial charge on any atom is 0.435 e. The van der Waals surface area contributed by atoms with Gasteiger partial charge in [-0.1, -0.05) is 0 Å². The normalized spacial score (nSPS) is 12.8. The number of aromatic nitrogens is 2. The van der Waals surface area contributed by atoms with Crippen molar-refractivity contribution in [1.29, 1.82) is 0 Å². The number of nitrogens with zero attached hydrogens (tertiary/aromatic N) is 2. The van der Waals surface area contributed by atoms with Crippen molar-refractivity contribution in [1.82, 2.24) is 15.1 Å². The number of aryl methyl sites for hydroxylation is 1. The zero-order valence-electron chi connectivity index (χ0n) is 9.78. The smallest absolute Gasteiger partial charge is 0.351 e. The van der Waals surface area contributed by atoms with E-state index in [1.165, 1.54) is 20.2 Å². The minimum atomic E-state index is -4.53. The van der Waals surface area contributed by atoms with Gasteiger partial charge in [0.15, 0.2) is 5.69 Å². The summed E-state index contributed by atoms with van der Waals surface area (Å²) in [5, 5.41) is 5.62. The molecule has 0 saturated carbocycles. The van der Waals surface area contributed by atoms with E-state index in [4.69, 9.17) is 5.73 Å². The number of nitrogens with one attached hydrogen (secondary N) is 1. The Bertz CT molecular complexity index is 416. The first-order chi connectivity index (χ1) is 7.71. The minimum Gasteiger partial charge on any atom is -0.351 e. The molecule has 1 aromatic heterocycles. The molecule has 0 radical (unpaired) electrons. The van der Waals surface area contributed by atoms with Gasteiger partial charge in [-0.2, -0.15) is 18.3 Å². The zero-order chi connectivity index (χ0) is 13.2. The number of hydrogen-bond acceptors (Lipinski definition) is 3. The highest BCUT2D eigenvalue weighted by atomic mass is 35.5. The average molecular weight is 287 g/mol. The fraction of sp³-hybridized carbons (Fsp3) is 0.556. The highest BCUT2D eigenvalue weighted by molar-refractivity contribution is 5.85. The van der Waals surface area contributed by atoms with Gasteiger partial charge >= 0.3 is 6.18 Å². The average Bonchev–Trinajstić information content (AvgIpc) is 2.55. The second-order valence-electron chi connectivity index (χ2n) is 3.68. The molecule has 0 unspecified atom stereocenters. The van der Waals surface area contributed by atoms with Crippen molar-refractivity contribution in [2.75, 3.05) is 0 Å². The van der Waals surface area contributed by atoms with Crippen LogP contribution in [0, 0.1) is 0 Å². The van der Waals surface area contributed by atoms with Gasteiger partial charge in [-0.15, -0.1) is 12.4 Å². The van der Waals surface area contributed by atoms with E-state index >= 15 is 0 Å². The minimum absolute atomic E-state index is 0. The highest BCUT2D eigenvalue weighted by Gasteiger charge is 2.36. The Kier molecular flexibility index (Phi) is 5.62. The number of carbonyl (C=O) groups is 1. The molecule has 0 aliphatic heterocycles. The second-order valence-corrected chi connectivity index (χ2v) is 3.68. The topological polar surface area (TPSA) is 72.9 Å². The molecular weight excluding hydrogens is 273 g/mol. The van der Waals surface area contributed by atoms with Gasteiger partial charge in [0, 0.05) is 25.4 Å². The van der Waals surface area contributed by atoms with E-state index in [0.717, 1.165) is 4.68 Å². The lowest BCUT2D eigenvalue weighted by Crippen LogP contribution is -2.38. The molecule has 18 heavy (non-hydrogen) atoms. The Morgan fingerprint density at radius 3 is 2.61 bits per heavy atom. The Labute approximate surface area is 108 Å². The van der Waals surface area contributed by atoms with Crippen LogP contribution in [0.1, 0.15) is 18.2 Å². The second kappa shape index (κ2) is 6.05. The van der Waals surface area contributed by atoms with E-state index in [0.29, 0.717) is 0 Å². The molecule has 1 amide bonds. The summed E-state index contributed by atoms with van der Waals surface area (Å²) in [6.45, 7) is 1.20. The van der Waals surface area contributed by atoms with Crippen LogP contribution >= 0.6 is 12.4 Å². The van der Waals surface area contributed by atoms with Gasteiger partial charge in [0.2, 0.25) is 5.91 Å². The quantitative estimate of drug-likeness (QED) is 0.864. The SMILES string of the molecule is C[C@@H](N)C(=O)NCc1cn(C)nc1C(F)(F)F.Cl. The van der Waals surface area contributed by atoms with Gasteiger partial charge in [0.1, 0.15) is 0 Å². The number of carbonyl (C=O) groups excluding carboxylic acids is 1. The van der Waals surface area contributed by atoms with Crippen LogP contribution in [-0.4, -0.2) is 21.7 Å². The predicted octanol–water partition coefficient (Wildman–Crippen LogP) is 0.824. The van der Waals surface area contributed by atoms with E-state index in [-0.39, 0.29) is 24.5 Å². The summed E-state index contributed by atoms with van der Waals surface area (Å²) in [5.41, 5.74) is 4.19. The Morgan fingerprint density at radius 2 is 2.17 bits per heavy atom. The first-order valence-electron chi connectivity index (χ1n) is 4.85.